The number of carbonyl (C=O) groups excluding carboxylic acids is 2. The third-order valence-electron chi connectivity index (χ3n) is 6.35. The summed E-state index contributed by atoms with van der Waals surface area (Å²) in [5, 5.41) is 8.31. The Labute approximate surface area is 209 Å². The summed E-state index contributed by atoms with van der Waals surface area (Å²) < 4.78 is 19.0. The Balaban J connectivity index is 1.42. The number of ether oxygens (including phenoxy) is 3. The van der Waals surface area contributed by atoms with E-state index in [0.29, 0.717) is 67.8 Å². The molecule has 10 heteroatoms. The van der Waals surface area contributed by atoms with Crippen LogP contribution in [0.2, 0.25) is 0 Å². The third kappa shape index (κ3) is 5.42. The van der Waals surface area contributed by atoms with Crippen LogP contribution in [0.25, 0.3) is 0 Å². The lowest BCUT2D eigenvalue weighted by Gasteiger charge is -2.23. The molecule has 0 unspecified atom stereocenters. The molecule has 0 aliphatic carbocycles. The fourth-order valence-electron chi connectivity index (χ4n) is 4.43. The summed E-state index contributed by atoms with van der Waals surface area (Å²) >= 11 is 0. The molecular formula is C26H29N5O5. The van der Waals surface area contributed by atoms with Crippen LogP contribution in [0.5, 0.6) is 17.2 Å². The van der Waals surface area contributed by atoms with Crippen molar-refractivity contribution in [2.45, 2.75) is 26.0 Å². The van der Waals surface area contributed by atoms with Crippen LogP contribution >= 0.6 is 0 Å². The van der Waals surface area contributed by atoms with Gasteiger partial charge in [-0.15, -0.1) is 5.10 Å². The van der Waals surface area contributed by atoms with Crippen molar-refractivity contribution in [1.29, 1.82) is 0 Å². The van der Waals surface area contributed by atoms with Crippen molar-refractivity contribution < 1.29 is 23.8 Å². The van der Waals surface area contributed by atoms with Gasteiger partial charge in [-0.2, -0.15) is 0 Å². The lowest BCUT2D eigenvalue weighted by atomic mass is 10.1. The second-order valence-electron chi connectivity index (χ2n) is 8.83. The van der Waals surface area contributed by atoms with Gasteiger partial charge in [0.05, 0.1) is 26.3 Å². The average Bonchev–Trinajstić information content (AvgIpc) is 3.19. The summed E-state index contributed by atoms with van der Waals surface area (Å²) in [5.41, 5.74) is 2.05. The Hall–Kier alpha value is -4.08. The summed E-state index contributed by atoms with van der Waals surface area (Å²) in [4.78, 5) is 30.0. The molecule has 5 rings (SSSR count). The lowest BCUT2D eigenvalue weighted by Crippen LogP contribution is -2.38. The monoisotopic (exact) mass is 491 g/mol. The predicted octanol–water partition coefficient (Wildman–Crippen LogP) is 2.18. The van der Waals surface area contributed by atoms with Crippen LogP contribution in [0.4, 0.5) is 0 Å². The van der Waals surface area contributed by atoms with E-state index < -0.39 is 0 Å². The van der Waals surface area contributed by atoms with Gasteiger partial charge in [-0.1, -0.05) is 17.3 Å². The minimum Gasteiger partial charge on any atom is -0.493 e. The minimum absolute atomic E-state index is 0.0441. The number of amides is 2. The Kier molecular flexibility index (Phi) is 7.01. The van der Waals surface area contributed by atoms with E-state index in [1.54, 1.807) is 41.1 Å². The lowest BCUT2D eigenvalue weighted by molar-refractivity contribution is -0.130. The van der Waals surface area contributed by atoms with Gasteiger partial charge in [-0.25, -0.2) is 4.68 Å². The van der Waals surface area contributed by atoms with Crippen molar-refractivity contribution in [1.82, 2.24) is 24.8 Å². The fraction of sp³-hybridized carbons (Fsp3) is 0.385. The van der Waals surface area contributed by atoms with Crippen LogP contribution in [0, 0.1) is 0 Å². The number of carbonyl (C=O) groups is 2. The highest BCUT2D eigenvalue weighted by molar-refractivity contribution is 5.95. The van der Waals surface area contributed by atoms with Gasteiger partial charge >= 0.3 is 0 Å². The summed E-state index contributed by atoms with van der Waals surface area (Å²) in [6.45, 7) is 3.26. The SMILES string of the molecule is COc1ccc2cc1OCc1cn(nn1)CCOc1cccc(c1)CC(=O)N1CCCN(CC1)C2=O. The van der Waals surface area contributed by atoms with Gasteiger partial charge in [-0.05, 0) is 42.3 Å². The van der Waals surface area contributed by atoms with Crippen LogP contribution in [-0.2, 0) is 24.4 Å². The van der Waals surface area contributed by atoms with E-state index in [4.69, 9.17) is 14.2 Å². The summed E-state index contributed by atoms with van der Waals surface area (Å²) in [5.74, 6) is 1.63. The van der Waals surface area contributed by atoms with Crippen molar-refractivity contribution in [3.8, 4) is 17.2 Å². The topological polar surface area (TPSA) is 99.0 Å². The summed E-state index contributed by atoms with van der Waals surface area (Å²) in [6.07, 6.45) is 2.80. The van der Waals surface area contributed by atoms with Gasteiger partial charge in [0, 0.05) is 31.7 Å². The van der Waals surface area contributed by atoms with Gasteiger partial charge in [0.2, 0.25) is 5.91 Å². The maximum Gasteiger partial charge on any atom is 0.254 e. The Morgan fingerprint density at radius 1 is 0.944 bits per heavy atom. The quantitative estimate of drug-likeness (QED) is 0.515. The summed E-state index contributed by atoms with van der Waals surface area (Å²) in [7, 11) is 1.56. The molecule has 3 heterocycles. The van der Waals surface area contributed by atoms with Gasteiger partial charge in [0.1, 0.15) is 24.7 Å². The molecule has 2 aliphatic heterocycles. The number of aromatic nitrogens is 3. The molecule has 10 nitrogen and oxygen atoms in total. The number of nitrogens with zero attached hydrogens (tertiary/aromatic N) is 5. The maximum atomic E-state index is 13.3. The highest BCUT2D eigenvalue weighted by atomic mass is 16.5. The molecule has 0 spiro atoms. The Bertz CT molecular complexity index is 1240. The van der Waals surface area contributed by atoms with Crippen LogP contribution < -0.4 is 14.2 Å². The summed E-state index contributed by atoms with van der Waals surface area (Å²) in [6, 6.07) is 12.8. The molecule has 36 heavy (non-hydrogen) atoms. The van der Waals surface area contributed by atoms with Gasteiger partial charge in [0.25, 0.3) is 5.91 Å². The largest absolute Gasteiger partial charge is 0.493 e. The molecule has 2 aliphatic rings. The van der Waals surface area contributed by atoms with Crippen molar-refractivity contribution in [3.05, 3.63) is 65.5 Å². The van der Waals surface area contributed by atoms with Crippen LogP contribution in [0.15, 0.2) is 48.7 Å². The first-order valence-corrected chi connectivity index (χ1v) is 12.1. The zero-order valence-electron chi connectivity index (χ0n) is 20.3. The first kappa shape index (κ1) is 23.7. The van der Waals surface area contributed by atoms with E-state index in [-0.39, 0.29) is 24.8 Å². The molecule has 0 saturated carbocycles. The first-order valence-electron chi connectivity index (χ1n) is 12.1. The van der Waals surface area contributed by atoms with Crippen molar-refractivity contribution >= 4 is 11.8 Å². The number of rotatable bonds is 1. The highest BCUT2D eigenvalue weighted by Crippen LogP contribution is 2.29. The number of benzene rings is 2. The van der Waals surface area contributed by atoms with E-state index in [1.807, 2.05) is 29.2 Å². The molecule has 0 radical (unpaired) electrons. The van der Waals surface area contributed by atoms with E-state index in [0.717, 1.165) is 12.0 Å². The highest BCUT2D eigenvalue weighted by Gasteiger charge is 2.24. The molecule has 8 bridgehead atoms. The molecule has 0 N–H and O–H groups in total. The number of hydrogen-bond acceptors (Lipinski definition) is 7. The van der Waals surface area contributed by atoms with Crippen molar-refractivity contribution in [3.63, 3.8) is 0 Å². The minimum atomic E-state index is -0.0986. The number of hydrogen-bond donors (Lipinski definition) is 0. The smallest absolute Gasteiger partial charge is 0.254 e. The molecule has 2 aromatic carbocycles. The van der Waals surface area contributed by atoms with Gasteiger partial charge in [-0.3, -0.25) is 9.59 Å². The zero-order valence-corrected chi connectivity index (χ0v) is 20.3. The van der Waals surface area contributed by atoms with E-state index in [1.165, 1.54) is 0 Å². The Morgan fingerprint density at radius 3 is 2.69 bits per heavy atom. The molecule has 1 saturated heterocycles. The predicted molar refractivity (Wildman–Crippen MR) is 130 cm³/mol. The van der Waals surface area contributed by atoms with Gasteiger partial charge < -0.3 is 24.0 Å². The van der Waals surface area contributed by atoms with Crippen LogP contribution in [0.1, 0.15) is 28.0 Å². The average molecular weight is 492 g/mol. The van der Waals surface area contributed by atoms with Crippen molar-refractivity contribution in [2.24, 2.45) is 0 Å². The maximum absolute atomic E-state index is 13.3. The normalized spacial score (nSPS) is 17.0. The molecule has 188 valence electrons. The zero-order chi connectivity index (χ0) is 24.9. The first-order chi connectivity index (χ1) is 17.6. The second kappa shape index (κ2) is 10.7. The van der Waals surface area contributed by atoms with Crippen LogP contribution in [-0.4, -0.2) is 76.5 Å². The number of methoxy groups -OCH3 is 1. The van der Waals surface area contributed by atoms with Crippen molar-refractivity contribution in [2.75, 3.05) is 39.9 Å². The molecule has 1 aromatic heterocycles. The molecule has 1 fully saturated rings. The van der Waals surface area contributed by atoms with E-state index in [9.17, 15) is 9.59 Å². The molecule has 0 atom stereocenters. The fourth-order valence-corrected chi connectivity index (χ4v) is 4.43. The number of fused-ring (bicyclic) bond motifs is 9. The molecular weight excluding hydrogens is 462 g/mol. The van der Waals surface area contributed by atoms with Crippen LogP contribution in [0.3, 0.4) is 0 Å². The molecule has 3 aromatic rings. The van der Waals surface area contributed by atoms with E-state index in [2.05, 4.69) is 10.3 Å². The standard InChI is InChI=1S/C26H29N5O5/c1-34-23-7-6-20-16-24(23)36-18-21-17-31(28-27-21)12-13-35-22-5-2-4-19(14-22)15-25(32)29-8-3-9-30(11-10-29)26(20)33/h2,4-7,14,16-17H,3,8-13,15,18H2,1H3. The molecule has 2 amide bonds. The van der Waals surface area contributed by atoms with E-state index >= 15 is 0 Å². The van der Waals surface area contributed by atoms with Gasteiger partial charge in [0.15, 0.2) is 11.5 Å². The Morgan fingerprint density at radius 2 is 1.81 bits per heavy atom. The third-order valence-corrected chi connectivity index (χ3v) is 6.35. The second-order valence-corrected chi connectivity index (χ2v) is 8.83.